The van der Waals surface area contributed by atoms with Crippen LogP contribution in [0.3, 0.4) is 0 Å². The number of rotatable bonds is 8. The van der Waals surface area contributed by atoms with Gasteiger partial charge in [0.1, 0.15) is 54.3 Å². The Morgan fingerprint density at radius 2 is 1.54 bits per heavy atom. The molecule has 2 rings (SSSR count). The first-order chi connectivity index (χ1) is 13.2. The molecular weight excluding hydrogens is 420 g/mol. The minimum absolute atomic E-state index is 0.0716. The molecule has 0 saturated carbocycles. The Morgan fingerprint density at radius 3 is 2.14 bits per heavy atom. The van der Waals surface area contributed by atoms with Gasteiger partial charge in [-0.1, -0.05) is 0 Å². The van der Waals surface area contributed by atoms with Crippen LogP contribution in [0.1, 0.15) is 0 Å². The van der Waals surface area contributed by atoms with E-state index in [1.165, 1.54) is 0 Å². The van der Waals surface area contributed by atoms with E-state index in [0.717, 1.165) is 0 Å². The number of aliphatic hydroxyl groups excluding tert-OH is 7. The van der Waals surface area contributed by atoms with Crippen molar-refractivity contribution >= 4 is 25.3 Å². The van der Waals surface area contributed by atoms with Gasteiger partial charge in [0, 0.05) is 5.25 Å². The van der Waals surface area contributed by atoms with E-state index in [2.05, 4.69) is 25.3 Å². The van der Waals surface area contributed by atoms with Gasteiger partial charge in [0.2, 0.25) is 0 Å². The molecule has 0 aromatic heterocycles. The van der Waals surface area contributed by atoms with Gasteiger partial charge in [0.05, 0.1) is 26.4 Å². The summed E-state index contributed by atoms with van der Waals surface area (Å²) in [6, 6.07) is 0. The molecule has 2 aliphatic heterocycles. The van der Waals surface area contributed by atoms with Crippen molar-refractivity contribution < 1.29 is 54.7 Å². The molecule has 0 bridgehead atoms. The molecule has 2 heterocycles. The number of ether oxygens (including phenoxy) is 4. The van der Waals surface area contributed by atoms with Gasteiger partial charge in [-0.25, -0.2) is 0 Å². The Morgan fingerprint density at radius 1 is 0.857 bits per heavy atom. The molecule has 2 fully saturated rings. The van der Waals surface area contributed by atoms with Crippen LogP contribution in [0.2, 0.25) is 0 Å². The first-order valence-electron chi connectivity index (χ1n) is 8.73. The zero-order valence-electron chi connectivity index (χ0n) is 14.8. The quantitative estimate of drug-likeness (QED) is 0.165. The normalized spacial score (nSPS) is 45.8. The van der Waals surface area contributed by atoms with E-state index < -0.39 is 72.4 Å². The van der Waals surface area contributed by atoms with Gasteiger partial charge in [0.25, 0.3) is 0 Å². The minimum atomic E-state index is -1.69. The molecule has 2 aliphatic rings. The van der Waals surface area contributed by atoms with Gasteiger partial charge < -0.3 is 54.7 Å². The van der Waals surface area contributed by atoms with Crippen LogP contribution in [-0.4, -0.2) is 128 Å². The largest absolute Gasteiger partial charge is 0.395 e. The van der Waals surface area contributed by atoms with E-state index in [0.29, 0.717) is 0 Å². The molecule has 7 N–H and O–H groups in total. The number of hydrogen-bond acceptors (Lipinski definition) is 13. The van der Waals surface area contributed by atoms with Crippen molar-refractivity contribution in [2.24, 2.45) is 0 Å². The SMILES string of the molecule is OCC(S)COC[C@H]1O[C@@H](S)[C@H](O)[C@@H](O)[C@@H]1O[C@@H]1O[C@H](CO)[C@@H](O)[C@H](O)[C@H]1O. The lowest BCUT2D eigenvalue weighted by Crippen LogP contribution is -2.64. The van der Waals surface area contributed by atoms with Crippen molar-refractivity contribution in [1.29, 1.82) is 0 Å². The molecule has 0 aromatic carbocycles. The highest BCUT2D eigenvalue weighted by Crippen LogP contribution is 2.30. The average Bonchev–Trinajstić information content (AvgIpc) is 2.68. The Hall–Kier alpha value is 0.260. The molecule has 0 amide bonds. The van der Waals surface area contributed by atoms with Crippen LogP contribution in [0.25, 0.3) is 0 Å². The van der Waals surface area contributed by atoms with Gasteiger partial charge in [-0.15, -0.1) is 12.6 Å². The molecule has 1 unspecified atom stereocenters. The van der Waals surface area contributed by atoms with E-state index in [4.69, 9.17) is 24.1 Å². The van der Waals surface area contributed by atoms with Crippen molar-refractivity contribution in [1.82, 2.24) is 0 Å². The summed E-state index contributed by atoms with van der Waals surface area (Å²) in [5.74, 6) is 0. The summed E-state index contributed by atoms with van der Waals surface area (Å²) in [6.07, 6.45) is -12.8. The first kappa shape index (κ1) is 24.5. The molecule has 0 aromatic rings. The third-order valence-corrected chi connectivity index (χ3v) is 5.34. The second-order valence-electron chi connectivity index (χ2n) is 6.72. The fourth-order valence-corrected chi connectivity index (χ4v) is 3.37. The standard InChI is InChI=1S/C15H28O11S2/c16-1-5(27)3-23-4-7-13(10(20)12(22)15(28)25-7)26-14-11(21)9(19)8(18)6(2-17)24-14/h5-22,27-28H,1-4H2/t5?,6-,7-,8-,9+,10-,11-,12-,13-,14+,15+/m1/s1. The van der Waals surface area contributed by atoms with Crippen molar-refractivity contribution in [2.75, 3.05) is 26.4 Å². The maximum absolute atomic E-state index is 10.4. The molecule has 2 saturated heterocycles. The van der Waals surface area contributed by atoms with Crippen LogP contribution in [0.15, 0.2) is 0 Å². The third-order valence-electron chi connectivity index (χ3n) is 4.60. The van der Waals surface area contributed by atoms with Crippen LogP contribution in [0.5, 0.6) is 0 Å². The summed E-state index contributed by atoms with van der Waals surface area (Å²) in [5.41, 5.74) is -1.04. The zero-order valence-corrected chi connectivity index (χ0v) is 16.6. The number of thiol groups is 2. The van der Waals surface area contributed by atoms with Crippen LogP contribution in [0.4, 0.5) is 0 Å². The monoisotopic (exact) mass is 448 g/mol. The summed E-state index contributed by atoms with van der Waals surface area (Å²) in [4.78, 5) is 0. The van der Waals surface area contributed by atoms with Crippen LogP contribution < -0.4 is 0 Å². The van der Waals surface area contributed by atoms with Crippen molar-refractivity contribution in [2.45, 2.75) is 65.8 Å². The lowest BCUT2D eigenvalue weighted by molar-refractivity contribution is -0.338. The smallest absolute Gasteiger partial charge is 0.187 e. The summed E-state index contributed by atoms with van der Waals surface area (Å²) >= 11 is 8.13. The number of aliphatic hydroxyl groups is 7. The maximum atomic E-state index is 10.4. The molecular formula is C15H28O11S2. The molecule has 0 aliphatic carbocycles. The average molecular weight is 449 g/mol. The van der Waals surface area contributed by atoms with Gasteiger partial charge in [-0.2, -0.15) is 12.6 Å². The summed E-state index contributed by atoms with van der Waals surface area (Å²) in [7, 11) is 0. The highest BCUT2D eigenvalue weighted by molar-refractivity contribution is 7.81. The molecule has 13 heteroatoms. The van der Waals surface area contributed by atoms with Crippen LogP contribution in [0, 0.1) is 0 Å². The first-order valence-corrected chi connectivity index (χ1v) is 9.76. The lowest BCUT2D eigenvalue weighted by atomic mass is 9.97. The number of hydrogen-bond donors (Lipinski definition) is 9. The Bertz CT molecular complexity index is 473. The Labute approximate surface area is 172 Å². The van der Waals surface area contributed by atoms with Gasteiger partial charge in [-0.05, 0) is 0 Å². The lowest BCUT2D eigenvalue weighted by Gasteiger charge is -2.45. The van der Waals surface area contributed by atoms with E-state index >= 15 is 0 Å². The second kappa shape index (κ2) is 11.0. The fraction of sp³-hybridized carbons (Fsp3) is 1.00. The van der Waals surface area contributed by atoms with E-state index in [1.807, 2.05) is 0 Å². The molecule has 11 atom stereocenters. The van der Waals surface area contributed by atoms with Crippen molar-refractivity contribution in [3.63, 3.8) is 0 Å². The van der Waals surface area contributed by atoms with E-state index in [-0.39, 0.29) is 19.8 Å². The summed E-state index contributed by atoms with van der Waals surface area (Å²) < 4.78 is 21.7. The molecule has 0 spiro atoms. The maximum Gasteiger partial charge on any atom is 0.187 e. The van der Waals surface area contributed by atoms with E-state index in [1.54, 1.807) is 0 Å². The Kier molecular flexibility index (Phi) is 9.67. The highest BCUT2D eigenvalue weighted by atomic mass is 32.1. The topological polar surface area (TPSA) is 179 Å². The highest BCUT2D eigenvalue weighted by Gasteiger charge is 2.50. The Balaban J connectivity index is 2.08. The second-order valence-corrected chi connectivity index (χ2v) is 7.96. The summed E-state index contributed by atoms with van der Waals surface area (Å²) in [6.45, 7) is -0.912. The minimum Gasteiger partial charge on any atom is -0.395 e. The molecule has 28 heavy (non-hydrogen) atoms. The predicted octanol–water partition coefficient (Wildman–Crippen LogP) is -4.14. The van der Waals surface area contributed by atoms with Crippen LogP contribution >= 0.6 is 25.3 Å². The molecule has 11 nitrogen and oxygen atoms in total. The zero-order chi connectivity index (χ0) is 21.0. The van der Waals surface area contributed by atoms with Crippen molar-refractivity contribution in [3.05, 3.63) is 0 Å². The van der Waals surface area contributed by atoms with Gasteiger partial charge >= 0.3 is 0 Å². The van der Waals surface area contributed by atoms with Crippen LogP contribution in [-0.2, 0) is 18.9 Å². The third kappa shape index (κ3) is 5.69. The van der Waals surface area contributed by atoms with Gasteiger partial charge in [-0.3, -0.25) is 0 Å². The van der Waals surface area contributed by atoms with E-state index in [9.17, 15) is 30.6 Å². The molecule has 0 radical (unpaired) electrons. The fourth-order valence-electron chi connectivity index (χ4n) is 2.93. The molecule has 166 valence electrons. The van der Waals surface area contributed by atoms with Crippen molar-refractivity contribution in [3.8, 4) is 0 Å². The predicted molar refractivity (Wildman–Crippen MR) is 99.0 cm³/mol. The van der Waals surface area contributed by atoms with Gasteiger partial charge in [0.15, 0.2) is 6.29 Å². The summed E-state index contributed by atoms with van der Waals surface area (Å²) in [5, 5.41) is 68.0.